The minimum Gasteiger partial charge on any atom is -0.323 e. The molecule has 1 aromatic rings. The van der Waals surface area contributed by atoms with Crippen LogP contribution in [0.4, 0.5) is 14.9 Å². The first-order valence-corrected chi connectivity index (χ1v) is 9.53. The van der Waals surface area contributed by atoms with E-state index in [9.17, 15) is 18.8 Å². The van der Waals surface area contributed by atoms with Gasteiger partial charge in [0.05, 0.1) is 10.7 Å². The zero-order chi connectivity index (χ0) is 20.0. The normalized spacial score (nSPS) is 19.3. The number of hydrogen-bond donors (Lipinski definition) is 2. The van der Waals surface area contributed by atoms with Gasteiger partial charge in [0.25, 0.3) is 5.91 Å². The largest absolute Gasteiger partial charge is 0.325 e. The summed E-state index contributed by atoms with van der Waals surface area (Å²) in [4.78, 5) is 37.9. The Kier molecular flexibility index (Phi) is 7.18. The van der Waals surface area contributed by atoms with Gasteiger partial charge in [-0.2, -0.15) is 0 Å². The maximum atomic E-state index is 13.1. The zero-order valence-electron chi connectivity index (χ0n) is 15.6. The molecular weight excluding hydrogens is 373 g/mol. The van der Waals surface area contributed by atoms with E-state index in [4.69, 9.17) is 11.6 Å². The van der Waals surface area contributed by atoms with E-state index in [1.54, 1.807) is 6.92 Å². The molecular formula is C19H25ClFN3O3. The van der Waals surface area contributed by atoms with Gasteiger partial charge in [0.15, 0.2) is 0 Å². The van der Waals surface area contributed by atoms with Crippen LogP contribution in [0.3, 0.4) is 0 Å². The van der Waals surface area contributed by atoms with Crippen molar-refractivity contribution in [1.82, 2.24) is 10.2 Å². The number of nitrogens with zero attached hydrogens (tertiary/aromatic N) is 1. The summed E-state index contributed by atoms with van der Waals surface area (Å²) in [6.07, 6.45) is 5.73. The van der Waals surface area contributed by atoms with Gasteiger partial charge in [-0.25, -0.2) is 9.18 Å². The third-order valence-corrected chi connectivity index (χ3v) is 4.95. The van der Waals surface area contributed by atoms with E-state index in [2.05, 4.69) is 17.6 Å². The Hall–Kier alpha value is -2.15. The number of amides is 4. The fourth-order valence-electron chi connectivity index (χ4n) is 3.07. The second-order valence-corrected chi connectivity index (χ2v) is 7.40. The Morgan fingerprint density at radius 1 is 1.26 bits per heavy atom. The fourth-order valence-corrected chi connectivity index (χ4v) is 3.28. The monoisotopic (exact) mass is 397 g/mol. The highest BCUT2D eigenvalue weighted by Gasteiger charge is 2.47. The lowest BCUT2D eigenvalue weighted by Crippen LogP contribution is -2.44. The third kappa shape index (κ3) is 5.42. The predicted molar refractivity (Wildman–Crippen MR) is 102 cm³/mol. The van der Waals surface area contributed by atoms with Gasteiger partial charge in [-0.1, -0.05) is 50.6 Å². The van der Waals surface area contributed by atoms with Crippen LogP contribution in [0.5, 0.6) is 0 Å². The summed E-state index contributed by atoms with van der Waals surface area (Å²) < 4.78 is 13.1. The number of halogens is 2. The van der Waals surface area contributed by atoms with Crippen LogP contribution in [-0.2, 0) is 9.59 Å². The molecule has 1 atom stereocenters. The van der Waals surface area contributed by atoms with Crippen molar-refractivity contribution in [2.24, 2.45) is 0 Å². The van der Waals surface area contributed by atoms with Gasteiger partial charge in [0.1, 0.15) is 17.9 Å². The third-order valence-electron chi connectivity index (χ3n) is 4.63. The van der Waals surface area contributed by atoms with E-state index in [1.807, 2.05) is 0 Å². The van der Waals surface area contributed by atoms with E-state index in [0.29, 0.717) is 6.42 Å². The lowest BCUT2D eigenvalue weighted by atomic mass is 9.94. The predicted octanol–water partition coefficient (Wildman–Crippen LogP) is 4.09. The molecule has 1 saturated heterocycles. The van der Waals surface area contributed by atoms with E-state index >= 15 is 0 Å². The smallest absolute Gasteiger partial charge is 0.323 e. The molecule has 1 aromatic carbocycles. The number of unbranched alkanes of at least 4 members (excludes halogenated alkanes) is 4. The van der Waals surface area contributed by atoms with Gasteiger partial charge in [-0.05, 0) is 31.5 Å². The van der Waals surface area contributed by atoms with Crippen LogP contribution < -0.4 is 10.6 Å². The van der Waals surface area contributed by atoms with Gasteiger partial charge in [-0.3, -0.25) is 14.5 Å². The van der Waals surface area contributed by atoms with E-state index in [1.165, 1.54) is 6.07 Å². The average Bonchev–Trinajstić information content (AvgIpc) is 2.81. The Morgan fingerprint density at radius 3 is 2.63 bits per heavy atom. The summed E-state index contributed by atoms with van der Waals surface area (Å²) in [6, 6.07) is 2.96. The Balaban J connectivity index is 1.93. The van der Waals surface area contributed by atoms with Crippen LogP contribution in [0.1, 0.15) is 52.4 Å². The highest BCUT2D eigenvalue weighted by atomic mass is 35.5. The Morgan fingerprint density at radius 2 is 1.96 bits per heavy atom. The molecule has 0 radical (unpaired) electrons. The molecule has 0 saturated carbocycles. The van der Waals surface area contributed by atoms with Gasteiger partial charge in [0, 0.05) is 0 Å². The fraction of sp³-hybridized carbons (Fsp3) is 0.526. The maximum Gasteiger partial charge on any atom is 0.325 e. The second kappa shape index (κ2) is 9.17. The standard InChI is InChI=1S/C19H25ClFN3O3/c1-3-4-5-6-7-10-19(2)17(26)24(18(27)23-19)12-16(25)22-15-9-8-13(21)11-14(15)20/h8-9,11H,3-7,10,12H2,1-2H3,(H,22,25)(H,23,27). The Labute approximate surface area is 163 Å². The quantitative estimate of drug-likeness (QED) is 0.486. The lowest BCUT2D eigenvalue weighted by molar-refractivity contribution is -0.133. The summed E-state index contributed by atoms with van der Waals surface area (Å²) in [5, 5.41) is 5.22. The van der Waals surface area contributed by atoms with Crippen LogP contribution in [0, 0.1) is 5.82 Å². The molecule has 6 nitrogen and oxygen atoms in total. The molecule has 1 fully saturated rings. The first-order chi connectivity index (χ1) is 12.8. The second-order valence-electron chi connectivity index (χ2n) is 6.99. The minimum absolute atomic E-state index is 0.0393. The summed E-state index contributed by atoms with van der Waals surface area (Å²) >= 11 is 5.87. The van der Waals surface area contributed by atoms with Gasteiger partial charge >= 0.3 is 6.03 Å². The molecule has 2 N–H and O–H groups in total. The average molecular weight is 398 g/mol. The number of rotatable bonds is 9. The molecule has 0 bridgehead atoms. The van der Waals surface area contributed by atoms with Gasteiger partial charge < -0.3 is 10.6 Å². The molecule has 4 amide bonds. The summed E-state index contributed by atoms with van der Waals surface area (Å²) in [5.41, 5.74) is -0.773. The molecule has 8 heteroatoms. The first-order valence-electron chi connectivity index (χ1n) is 9.16. The highest BCUT2D eigenvalue weighted by Crippen LogP contribution is 2.25. The molecule has 148 valence electrons. The van der Waals surface area contributed by atoms with Gasteiger partial charge in [0.2, 0.25) is 5.91 Å². The number of carbonyl (C=O) groups excluding carboxylic acids is 3. The van der Waals surface area contributed by atoms with Crippen molar-refractivity contribution in [1.29, 1.82) is 0 Å². The molecule has 1 unspecified atom stereocenters. The van der Waals surface area contributed by atoms with Crippen molar-refractivity contribution >= 4 is 35.1 Å². The molecule has 27 heavy (non-hydrogen) atoms. The number of imide groups is 1. The number of anilines is 1. The lowest BCUT2D eigenvalue weighted by Gasteiger charge is -2.21. The molecule has 1 aliphatic heterocycles. The van der Waals surface area contributed by atoms with Crippen molar-refractivity contribution in [3.05, 3.63) is 29.0 Å². The SMILES string of the molecule is CCCCCCCC1(C)NC(=O)N(CC(=O)Nc2ccc(F)cc2Cl)C1=O. The molecule has 0 spiro atoms. The molecule has 1 aliphatic rings. The molecule has 0 aromatic heterocycles. The summed E-state index contributed by atoms with van der Waals surface area (Å²) in [5.74, 6) is -1.52. The number of urea groups is 1. The van der Waals surface area contributed by atoms with E-state index < -0.39 is 35.7 Å². The molecule has 1 heterocycles. The molecule has 2 rings (SSSR count). The first kappa shape index (κ1) is 21.2. The number of benzene rings is 1. The van der Waals surface area contributed by atoms with Crippen molar-refractivity contribution in [3.63, 3.8) is 0 Å². The summed E-state index contributed by atoms with van der Waals surface area (Å²) in [6.45, 7) is 3.38. The topological polar surface area (TPSA) is 78.5 Å². The zero-order valence-corrected chi connectivity index (χ0v) is 16.4. The van der Waals surface area contributed by atoms with Crippen LogP contribution >= 0.6 is 11.6 Å². The van der Waals surface area contributed by atoms with E-state index in [0.717, 1.165) is 49.1 Å². The van der Waals surface area contributed by atoms with Crippen molar-refractivity contribution in [3.8, 4) is 0 Å². The number of hydrogen-bond acceptors (Lipinski definition) is 3. The molecule has 0 aliphatic carbocycles. The van der Waals surface area contributed by atoms with Crippen LogP contribution in [-0.4, -0.2) is 34.8 Å². The number of nitrogens with one attached hydrogen (secondary N) is 2. The number of carbonyl (C=O) groups is 3. The van der Waals surface area contributed by atoms with Crippen molar-refractivity contribution in [2.75, 3.05) is 11.9 Å². The van der Waals surface area contributed by atoms with Crippen LogP contribution in [0.15, 0.2) is 18.2 Å². The van der Waals surface area contributed by atoms with Crippen molar-refractivity contribution in [2.45, 2.75) is 57.9 Å². The summed E-state index contributed by atoms with van der Waals surface area (Å²) in [7, 11) is 0. The minimum atomic E-state index is -0.989. The van der Waals surface area contributed by atoms with Crippen molar-refractivity contribution < 1.29 is 18.8 Å². The highest BCUT2D eigenvalue weighted by molar-refractivity contribution is 6.33. The van der Waals surface area contributed by atoms with Crippen LogP contribution in [0.25, 0.3) is 0 Å². The Bertz CT molecular complexity index is 728. The van der Waals surface area contributed by atoms with Crippen LogP contribution in [0.2, 0.25) is 5.02 Å². The van der Waals surface area contributed by atoms with Gasteiger partial charge in [-0.15, -0.1) is 0 Å². The van der Waals surface area contributed by atoms with E-state index in [-0.39, 0.29) is 10.7 Å². The maximum absolute atomic E-state index is 13.1.